The van der Waals surface area contributed by atoms with Gasteiger partial charge in [0.05, 0.1) is 16.6 Å². The molecule has 0 aliphatic heterocycles. The van der Waals surface area contributed by atoms with Gasteiger partial charge in [-0.2, -0.15) is 13.2 Å². The van der Waals surface area contributed by atoms with E-state index in [1.54, 1.807) is 0 Å². The lowest BCUT2D eigenvalue weighted by Gasteiger charge is -2.58. The normalized spacial score (nSPS) is 34.5. The van der Waals surface area contributed by atoms with Crippen LogP contribution in [0.1, 0.15) is 54.4 Å². The van der Waals surface area contributed by atoms with Gasteiger partial charge in [0, 0.05) is 5.56 Å². The maximum Gasteiger partial charge on any atom is 0.416 e. The Labute approximate surface area is 154 Å². The standard InChI is InChI=1S/C20H21F3O4/c21-20(22,23)15-3-1-2-14(5-15)16(24)10-27-17(25)18-6-12-4-13(7-18)9-19(26,8-12)11-18/h1-3,5,12-13,26H,4,6-11H2. The predicted octanol–water partition coefficient (Wildman–Crippen LogP) is 3.76. The van der Waals surface area contributed by atoms with Crippen LogP contribution in [-0.4, -0.2) is 29.1 Å². The van der Waals surface area contributed by atoms with Crippen molar-refractivity contribution in [3.05, 3.63) is 35.4 Å². The molecule has 146 valence electrons. The molecule has 1 aromatic rings. The molecule has 0 heterocycles. The van der Waals surface area contributed by atoms with Crippen LogP contribution in [0.5, 0.6) is 0 Å². The van der Waals surface area contributed by atoms with Crippen LogP contribution in [0.15, 0.2) is 24.3 Å². The average Bonchev–Trinajstić information content (AvgIpc) is 2.56. The fraction of sp³-hybridized carbons (Fsp3) is 0.600. The number of benzene rings is 1. The summed E-state index contributed by atoms with van der Waals surface area (Å²) in [6, 6.07) is 4.09. The van der Waals surface area contributed by atoms with Crippen LogP contribution in [0.2, 0.25) is 0 Å². The molecule has 27 heavy (non-hydrogen) atoms. The largest absolute Gasteiger partial charge is 0.457 e. The third kappa shape index (κ3) is 3.37. The van der Waals surface area contributed by atoms with E-state index in [9.17, 15) is 27.9 Å². The number of alkyl halides is 3. The second-order valence-corrected chi connectivity index (χ2v) is 8.54. The van der Waals surface area contributed by atoms with E-state index in [-0.39, 0.29) is 5.56 Å². The highest BCUT2D eigenvalue weighted by atomic mass is 19.4. The number of ether oxygens (including phenoxy) is 1. The molecule has 0 aromatic heterocycles. The van der Waals surface area contributed by atoms with Gasteiger partial charge >= 0.3 is 12.1 Å². The summed E-state index contributed by atoms with van der Waals surface area (Å²) < 4.78 is 43.6. The van der Waals surface area contributed by atoms with Crippen molar-refractivity contribution in [3.63, 3.8) is 0 Å². The Morgan fingerprint density at radius 1 is 1.15 bits per heavy atom. The number of hydrogen-bond donors (Lipinski definition) is 1. The summed E-state index contributed by atoms with van der Waals surface area (Å²) in [5.74, 6) is -0.584. The Morgan fingerprint density at radius 3 is 2.41 bits per heavy atom. The van der Waals surface area contributed by atoms with Gasteiger partial charge in [-0.25, -0.2) is 0 Å². The van der Waals surface area contributed by atoms with Crippen LogP contribution in [0.25, 0.3) is 0 Å². The summed E-state index contributed by atoms with van der Waals surface area (Å²) in [5.41, 5.74) is -2.63. The summed E-state index contributed by atoms with van der Waals surface area (Å²) in [7, 11) is 0. The van der Waals surface area contributed by atoms with Crippen molar-refractivity contribution in [2.24, 2.45) is 17.3 Å². The third-order valence-electron chi connectivity index (χ3n) is 6.31. The first-order valence-electron chi connectivity index (χ1n) is 9.19. The molecule has 0 saturated heterocycles. The molecule has 4 saturated carbocycles. The molecule has 4 bridgehead atoms. The Balaban J connectivity index is 1.43. The molecule has 4 aliphatic carbocycles. The highest BCUT2D eigenvalue weighted by Crippen LogP contribution is 2.61. The van der Waals surface area contributed by atoms with Crippen molar-refractivity contribution in [2.45, 2.75) is 50.3 Å². The zero-order valence-corrected chi connectivity index (χ0v) is 14.7. The molecule has 5 rings (SSSR count). The number of carbonyl (C=O) groups is 2. The van der Waals surface area contributed by atoms with Gasteiger partial charge in [-0.1, -0.05) is 12.1 Å². The van der Waals surface area contributed by atoms with E-state index in [2.05, 4.69) is 0 Å². The van der Waals surface area contributed by atoms with Crippen LogP contribution in [0, 0.1) is 17.3 Å². The zero-order valence-electron chi connectivity index (χ0n) is 14.7. The van der Waals surface area contributed by atoms with Crippen molar-refractivity contribution in [1.82, 2.24) is 0 Å². The molecule has 4 aliphatic rings. The highest BCUT2D eigenvalue weighted by Gasteiger charge is 2.60. The monoisotopic (exact) mass is 382 g/mol. The van der Waals surface area contributed by atoms with Crippen molar-refractivity contribution in [2.75, 3.05) is 6.61 Å². The Morgan fingerprint density at radius 2 is 1.81 bits per heavy atom. The van der Waals surface area contributed by atoms with Gasteiger partial charge in [-0.05, 0) is 62.5 Å². The molecular formula is C20H21F3O4. The van der Waals surface area contributed by atoms with Gasteiger partial charge in [0.2, 0.25) is 0 Å². The molecule has 0 amide bonds. The zero-order chi connectivity index (χ0) is 19.4. The molecule has 1 N–H and O–H groups in total. The predicted molar refractivity (Wildman–Crippen MR) is 88.8 cm³/mol. The Kier molecular flexibility index (Phi) is 4.14. The number of halogens is 3. The molecule has 4 fully saturated rings. The quantitative estimate of drug-likeness (QED) is 0.636. The fourth-order valence-electron chi connectivity index (χ4n) is 5.69. The van der Waals surface area contributed by atoms with Crippen LogP contribution in [0.3, 0.4) is 0 Å². The van der Waals surface area contributed by atoms with Gasteiger partial charge in [0.15, 0.2) is 12.4 Å². The first kappa shape index (κ1) is 18.5. The highest BCUT2D eigenvalue weighted by molar-refractivity contribution is 5.98. The maximum absolute atomic E-state index is 12.8. The van der Waals surface area contributed by atoms with Crippen LogP contribution in [0.4, 0.5) is 13.2 Å². The molecule has 0 spiro atoms. The second kappa shape index (κ2) is 6.06. The van der Waals surface area contributed by atoms with Crippen LogP contribution >= 0.6 is 0 Å². The molecule has 2 atom stereocenters. The van der Waals surface area contributed by atoms with Gasteiger partial charge in [0.25, 0.3) is 0 Å². The molecule has 4 nitrogen and oxygen atoms in total. The van der Waals surface area contributed by atoms with E-state index in [0.717, 1.165) is 24.6 Å². The maximum atomic E-state index is 12.8. The van der Waals surface area contributed by atoms with Gasteiger partial charge < -0.3 is 9.84 Å². The fourth-order valence-corrected chi connectivity index (χ4v) is 5.69. The van der Waals surface area contributed by atoms with Crippen molar-refractivity contribution >= 4 is 11.8 Å². The minimum absolute atomic E-state index is 0.137. The molecule has 7 heteroatoms. The van der Waals surface area contributed by atoms with E-state index in [0.29, 0.717) is 43.9 Å². The van der Waals surface area contributed by atoms with E-state index in [4.69, 9.17) is 4.74 Å². The lowest BCUT2D eigenvalue weighted by Crippen LogP contribution is -2.58. The number of aliphatic hydroxyl groups is 1. The minimum atomic E-state index is -4.54. The smallest absolute Gasteiger partial charge is 0.416 e. The first-order valence-corrected chi connectivity index (χ1v) is 9.19. The first-order chi connectivity index (χ1) is 12.6. The average molecular weight is 382 g/mol. The summed E-state index contributed by atoms with van der Waals surface area (Å²) >= 11 is 0. The van der Waals surface area contributed by atoms with Crippen LogP contribution < -0.4 is 0 Å². The molecular weight excluding hydrogens is 361 g/mol. The van der Waals surface area contributed by atoms with E-state index >= 15 is 0 Å². The Hall–Kier alpha value is -1.89. The SMILES string of the molecule is O=C(COC(=O)C12CC3CC(CC(O)(C3)C1)C2)c1cccc(C(F)(F)F)c1. The van der Waals surface area contributed by atoms with E-state index in [1.165, 1.54) is 6.07 Å². The number of Topliss-reactive ketones (excluding diaryl/α,β-unsaturated/α-hetero) is 1. The summed E-state index contributed by atoms with van der Waals surface area (Å²) in [4.78, 5) is 25.0. The minimum Gasteiger partial charge on any atom is -0.457 e. The van der Waals surface area contributed by atoms with Gasteiger partial charge in [-0.3, -0.25) is 9.59 Å². The topological polar surface area (TPSA) is 63.6 Å². The molecule has 1 aromatic carbocycles. The lowest BCUT2D eigenvalue weighted by atomic mass is 9.48. The number of rotatable bonds is 4. The van der Waals surface area contributed by atoms with Crippen molar-refractivity contribution < 1.29 is 32.6 Å². The summed E-state index contributed by atoms with van der Waals surface area (Å²) in [6.07, 6.45) is -0.445. The van der Waals surface area contributed by atoms with Crippen LogP contribution in [-0.2, 0) is 15.7 Å². The Bertz CT molecular complexity index is 772. The van der Waals surface area contributed by atoms with Crippen molar-refractivity contribution in [3.8, 4) is 0 Å². The van der Waals surface area contributed by atoms with E-state index < -0.39 is 41.1 Å². The number of ketones is 1. The van der Waals surface area contributed by atoms with E-state index in [1.807, 2.05) is 0 Å². The molecule has 2 unspecified atom stereocenters. The summed E-state index contributed by atoms with van der Waals surface area (Å²) in [5, 5.41) is 10.7. The van der Waals surface area contributed by atoms with Gasteiger partial charge in [-0.15, -0.1) is 0 Å². The second-order valence-electron chi connectivity index (χ2n) is 8.54. The molecule has 0 radical (unpaired) electrons. The third-order valence-corrected chi connectivity index (χ3v) is 6.31. The van der Waals surface area contributed by atoms with Gasteiger partial charge in [0.1, 0.15) is 0 Å². The number of esters is 1. The van der Waals surface area contributed by atoms with Crippen molar-refractivity contribution in [1.29, 1.82) is 0 Å². The number of hydrogen-bond acceptors (Lipinski definition) is 4. The number of carbonyl (C=O) groups excluding carboxylic acids is 2. The lowest BCUT2D eigenvalue weighted by molar-refractivity contribution is -0.195. The summed E-state index contributed by atoms with van der Waals surface area (Å²) in [6.45, 7) is -0.588.